The second-order valence-corrected chi connectivity index (χ2v) is 4.08. The Morgan fingerprint density at radius 1 is 1.44 bits per heavy atom. The predicted molar refractivity (Wildman–Crippen MR) is 63.4 cm³/mol. The van der Waals surface area contributed by atoms with Crippen LogP contribution in [-0.4, -0.2) is 55.6 Å². The van der Waals surface area contributed by atoms with Crippen LogP contribution in [0.1, 0.15) is 19.8 Å². The van der Waals surface area contributed by atoms with Gasteiger partial charge in [-0.25, -0.2) is 4.79 Å². The standard InChI is InChI=1S/C11H20N2O5/c1-3-18-8-6-7(10(8)17-2)13-11(16)12-5-4-9(14)15/h7-8,10H,3-6H2,1-2H3,(H,14,15)(H2,12,13,16). The summed E-state index contributed by atoms with van der Waals surface area (Å²) in [5, 5.41) is 13.6. The average Bonchev–Trinajstić information content (AvgIpc) is 2.27. The minimum Gasteiger partial charge on any atom is -0.481 e. The van der Waals surface area contributed by atoms with Gasteiger partial charge < -0.3 is 25.2 Å². The number of hydrogen-bond donors (Lipinski definition) is 3. The van der Waals surface area contributed by atoms with Crippen LogP contribution in [-0.2, 0) is 14.3 Å². The lowest BCUT2D eigenvalue weighted by molar-refractivity contribution is -0.136. The zero-order valence-corrected chi connectivity index (χ0v) is 10.6. The van der Waals surface area contributed by atoms with Gasteiger partial charge in [-0.15, -0.1) is 0 Å². The lowest BCUT2D eigenvalue weighted by atomic mass is 9.85. The maximum atomic E-state index is 11.4. The molecule has 7 heteroatoms. The van der Waals surface area contributed by atoms with Gasteiger partial charge in [-0.2, -0.15) is 0 Å². The third-order valence-corrected chi connectivity index (χ3v) is 2.84. The van der Waals surface area contributed by atoms with E-state index >= 15 is 0 Å². The van der Waals surface area contributed by atoms with E-state index in [1.54, 1.807) is 7.11 Å². The fourth-order valence-electron chi connectivity index (χ4n) is 1.92. The van der Waals surface area contributed by atoms with Gasteiger partial charge in [0.05, 0.1) is 18.6 Å². The number of carboxylic acids is 1. The number of hydrogen-bond acceptors (Lipinski definition) is 4. The van der Waals surface area contributed by atoms with Gasteiger partial charge in [-0.1, -0.05) is 0 Å². The van der Waals surface area contributed by atoms with E-state index in [1.807, 2.05) is 6.92 Å². The van der Waals surface area contributed by atoms with Crippen molar-refractivity contribution in [2.24, 2.45) is 0 Å². The van der Waals surface area contributed by atoms with E-state index in [0.29, 0.717) is 13.0 Å². The van der Waals surface area contributed by atoms with E-state index in [0.717, 1.165) is 0 Å². The molecule has 0 radical (unpaired) electrons. The highest BCUT2D eigenvalue weighted by Crippen LogP contribution is 2.26. The number of ether oxygens (including phenoxy) is 2. The van der Waals surface area contributed by atoms with Crippen molar-refractivity contribution in [3.05, 3.63) is 0 Å². The number of carboxylic acid groups (broad SMARTS) is 1. The number of methoxy groups -OCH3 is 1. The minimum atomic E-state index is -0.940. The Balaban J connectivity index is 2.22. The molecule has 2 amide bonds. The fourth-order valence-corrected chi connectivity index (χ4v) is 1.92. The molecular weight excluding hydrogens is 240 g/mol. The van der Waals surface area contributed by atoms with Crippen LogP contribution in [0.4, 0.5) is 4.79 Å². The van der Waals surface area contributed by atoms with Crippen molar-refractivity contribution in [3.8, 4) is 0 Å². The van der Waals surface area contributed by atoms with Gasteiger partial charge in [-0.05, 0) is 13.3 Å². The van der Waals surface area contributed by atoms with E-state index in [2.05, 4.69) is 10.6 Å². The molecule has 104 valence electrons. The van der Waals surface area contributed by atoms with Gasteiger partial charge in [0.15, 0.2) is 0 Å². The monoisotopic (exact) mass is 260 g/mol. The number of carbonyl (C=O) groups is 2. The van der Waals surface area contributed by atoms with Crippen molar-refractivity contribution in [2.45, 2.75) is 38.0 Å². The molecule has 3 unspecified atom stereocenters. The maximum Gasteiger partial charge on any atom is 0.315 e. The average molecular weight is 260 g/mol. The van der Waals surface area contributed by atoms with Crippen LogP contribution in [0, 0.1) is 0 Å². The van der Waals surface area contributed by atoms with Gasteiger partial charge in [-0.3, -0.25) is 4.79 Å². The first kappa shape index (κ1) is 14.7. The Kier molecular flexibility index (Phi) is 5.87. The molecule has 3 atom stereocenters. The smallest absolute Gasteiger partial charge is 0.315 e. The van der Waals surface area contributed by atoms with E-state index in [-0.39, 0.29) is 37.2 Å². The van der Waals surface area contributed by atoms with Gasteiger partial charge in [0.25, 0.3) is 0 Å². The second-order valence-electron chi connectivity index (χ2n) is 4.08. The summed E-state index contributed by atoms with van der Waals surface area (Å²) in [4.78, 5) is 21.7. The van der Waals surface area contributed by atoms with Crippen molar-refractivity contribution in [2.75, 3.05) is 20.3 Å². The van der Waals surface area contributed by atoms with Crippen LogP contribution in [0.3, 0.4) is 0 Å². The summed E-state index contributed by atoms with van der Waals surface area (Å²) in [6.45, 7) is 2.63. The molecule has 1 saturated carbocycles. The molecule has 0 aliphatic heterocycles. The number of amides is 2. The zero-order valence-electron chi connectivity index (χ0n) is 10.6. The van der Waals surface area contributed by atoms with E-state index in [9.17, 15) is 9.59 Å². The zero-order chi connectivity index (χ0) is 13.5. The summed E-state index contributed by atoms with van der Waals surface area (Å²) in [7, 11) is 1.58. The highest BCUT2D eigenvalue weighted by atomic mass is 16.5. The highest BCUT2D eigenvalue weighted by molar-refractivity contribution is 5.75. The molecule has 1 rings (SSSR count). The van der Waals surface area contributed by atoms with E-state index < -0.39 is 5.97 Å². The van der Waals surface area contributed by atoms with Crippen molar-refractivity contribution >= 4 is 12.0 Å². The summed E-state index contributed by atoms with van der Waals surface area (Å²) < 4.78 is 10.7. The van der Waals surface area contributed by atoms with Crippen molar-refractivity contribution in [1.82, 2.24) is 10.6 Å². The number of carbonyl (C=O) groups excluding carboxylic acids is 1. The van der Waals surface area contributed by atoms with E-state index in [1.165, 1.54) is 0 Å². The Labute approximate surface area is 106 Å². The Bertz CT molecular complexity index is 297. The van der Waals surface area contributed by atoms with Crippen LogP contribution in [0.15, 0.2) is 0 Å². The van der Waals surface area contributed by atoms with Gasteiger partial charge in [0, 0.05) is 20.3 Å². The molecule has 7 nitrogen and oxygen atoms in total. The molecule has 1 aliphatic rings. The summed E-state index contributed by atoms with van der Waals surface area (Å²) in [6.07, 6.45) is 0.492. The SMILES string of the molecule is CCOC1CC(NC(=O)NCCC(=O)O)C1OC. The summed E-state index contributed by atoms with van der Waals surface area (Å²) in [5.74, 6) is -0.940. The molecule has 1 fully saturated rings. The van der Waals surface area contributed by atoms with Crippen LogP contribution in [0.25, 0.3) is 0 Å². The van der Waals surface area contributed by atoms with E-state index in [4.69, 9.17) is 14.6 Å². The van der Waals surface area contributed by atoms with Crippen molar-refractivity contribution < 1.29 is 24.2 Å². The number of nitrogens with one attached hydrogen (secondary N) is 2. The lowest BCUT2D eigenvalue weighted by Gasteiger charge is -2.43. The number of rotatable bonds is 7. The minimum absolute atomic E-state index is 0.0179. The molecule has 18 heavy (non-hydrogen) atoms. The quantitative estimate of drug-likeness (QED) is 0.596. The molecule has 0 bridgehead atoms. The Morgan fingerprint density at radius 3 is 2.72 bits per heavy atom. The molecule has 3 N–H and O–H groups in total. The lowest BCUT2D eigenvalue weighted by Crippen LogP contribution is -2.62. The Morgan fingerprint density at radius 2 is 2.17 bits per heavy atom. The topological polar surface area (TPSA) is 96.9 Å². The number of aliphatic carboxylic acids is 1. The molecule has 1 aliphatic carbocycles. The first-order chi connectivity index (χ1) is 8.58. The third-order valence-electron chi connectivity index (χ3n) is 2.84. The molecule has 0 heterocycles. The van der Waals surface area contributed by atoms with Crippen LogP contribution < -0.4 is 10.6 Å². The molecule has 0 aromatic rings. The highest BCUT2D eigenvalue weighted by Gasteiger charge is 2.42. The van der Waals surface area contributed by atoms with Crippen molar-refractivity contribution in [1.29, 1.82) is 0 Å². The normalized spacial score (nSPS) is 26.2. The largest absolute Gasteiger partial charge is 0.481 e. The Hall–Kier alpha value is -1.34. The number of urea groups is 1. The van der Waals surface area contributed by atoms with Crippen LogP contribution >= 0.6 is 0 Å². The van der Waals surface area contributed by atoms with Gasteiger partial charge in [0.2, 0.25) is 0 Å². The van der Waals surface area contributed by atoms with Gasteiger partial charge in [0.1, 0.15) is 6.10 Å². The molecule has 0 aromatic heterocycles. The summed E-state index contributed by atoms with van der Waals surface area (Å²) in [6, 6.07) is -0.463. The van der Waals surface area contributed by atoms with Crippen LogP contribution in [0.5, 0.6) is 0 Å². The molecular formula is C11H20N2O5. The summed E-state index contributed by atoms with van der Waals surface area (Å²) >= 11 is 0. The summed E-state index contributed by atoms with van der Waals surface area (Å²) in [5.41, 5.74) is 0. The first-order valence-corrected chi connectivity index (χ1v) is 5.99. The third kappa shape index (κ3) is 4.15. The fraction of sp³-hybridized carbons (Fsp3) is 0.818. The predicted octanol–water partition coefficient (Wildman–Crippen LogP) is -0.0473. The van der Waals surface area contributed by atoms with Crippen molar-refractivity contribution in [3.63, 3.8) is 0 Å². The first-order valence-electron chi connectivity index (χ1n) is 5.99. The van der Waals surface area contributed by atoms with Gasteiger partial charge >= 0.3 is 12.0 Å². The second kappa shape index (κ2) is 7.17. The van der Waals surface area contributed by atoms with Crippen LogP contribution in [0.2, 0.25) is 0 Å². The maximum absolute atomic E-state index is 11.4. The molecule has 0 saturated heterocycles. The molecule has 0 aromatic carbocycles. The molecule has 0 spiro atoms.